The van der Waals surface area contributed by atoms with E-state index < -0.39 is 0 Å². The number of nitrogens with one attached hydrogen (secondary N) is 2. The number of amides is 1. The summed E-state index contributed by atoms with van der Waals surface area (Å²) >= 11 is 0. The van der Waals surface area contributed by atoms with Gasteiger partial charge in [0.25, 0.3) is 0 Å². The largest absolute Gasteiger partial charge is 0.497 e. The lowest BCUT2D eigenvalue weighted by molar-refractivity contribution is -0.120. The van der Waals surface area contributed by atoms with E-state index in [0.29, 0.717) is 0 Å². The van der Waals surface area contributed by atoms with Crippen LogP contribution in [0.1, 0.15) is 29.2 Å². The Morgan fingerprint density at radius 1 is 1.41 bits per heavy atom. The van der Waals surface area contributed by atoms with Gasteiger partial charge in [-0.05, 0) is 50.5 Å². The van der Waals surface area contributed by atoms with Crippen LogP contribution in [0.2, 0.25) is 0 Å². The summed E-state index contributed by atoms with van der Waals surface area (Å²) in [4.78, 5) is 20.2. The normalized spacial score (nSPS) is 17.0. The van der Waals surface area contributed by atoms with Crippen molar-refractivity contribution < 1.29 is 9.53 Å². The fourth-order valence-corrected chi connectivity index (χ4v) is 2.99. The minimum absolute atomic E-state index is 0.00569. The van der Waals surface area contributed by atoms with Crippen LogP contribution in [0, 0.1) is 19.8 Å². The number of nitrogens with zero attached hydrogens (tertiary/aromatic N) is 1. The Morgan fingerprint density at radius 2 is 2.23 bits per heavy atom. The van der Waals surface area contributed by atoms with E-state index in [1.807, 2.05) is 32.0 Å². The standard InChI is InChI=1S/C17H21N3O2/c1-10-8-13(22-3)5-7-14(10)20-17(21)12-4-6-15-16(9-12)19-11(2)18-15/h5,7-8,12H,4,6,9H2,1-3H3,(H,18,19)(H,20,21). The molecular weight excluding hydrogens is 278 g/mol. The average Bonchev–Trinajstić information content (AvgIpc) is 2.88. The number of fused-ring (bicyclic) bond motifs is 1. The van der Waals surface area contributed by atoms with Gasteiger partial charge in [-0.25, -0.2) is 4.98 Å². The molecular formula is C17H21N3O2. The van der Waals surface area contributed by atoms with Crippen LogP contribution in [-0.4, -0.2) is 23.0 Å². The van der Waals surface area contributed by atoms with Crippen LogP contribution in [0.5, 0.6) is 5.75 Å². The van der Waals surface area contributed by atoms with Crippen LogP contribution in [0.15, 0.2) is 18.2 Å². The molecule has 0 fully saturated rings. The summed E-state index contributed by atoms with van der Waals surface area (Å²) in [6, 6.07) is 5.67. The minimum Gasteiger partial charge on any atom is -0.497 e. The molecule has 116 valence electrons. The van der Waals surface area contributed by atoms with Crippen LogP contribution < -0.4 is 10.1 Å². The number of imidazole rings is 1. The minimum atomic E-state index is -0.00569. The van der Waals surface area contributed by atoms with E-state index in [4.69, 9.17) is 4.74 Å². The lowest BCUT2D eigenvalue weighted by Crippen LogP contribution is -2.28. The topological polar surface area (TPSA) is 67.0 Å². The van der Waals surface area contributed by atoms with E-state index in [9.17, 15) is 4.79 Å². The molecule has 0 aliphatic heterocycles. The Kier molecular flexibility index (Phi) is 3.88. The van der Waals surface area contributed by atoms with Crippen molar-refractivity contribution in [1.82, 2.24) is 9.97 Å². The number of aromatic nitrogens is 2. The number of hydrogen-bond donors (Lipinski definition) is 2. The molecule has 22 heavy (non-hydrogen) atoms. The summed E-state index contributed by atoms with van der Waals surface area (Å²) in [7, 11) is 1.64. The number of carbonyl (C=O) groups excluding carboxylic acids is 1. The highest BCUT2D eigenvalue weighted by Crippen LogP contribution is 2.26. The molecule has 0 spiro atoms. The fraction of sp³-hybridized carbons (Fsp3) is 0.412. The summed E-state index contributed by atoms with van der Waals surface area (Å²) in [6.45, 7) is 3.92. The zero-order chi connectivity index (χ0) is 15.7. The van der Waals surface area contributed by atoms with Crippen LogP contribution in [0.4, 0.5) is 5.69 Å². The molecule has 5 heteroatoms. The second kappa shape index (κ2) is 5.83. The first-order valence-electron chi connectivity index (χ1n) is 7.56. The van der Waals surface area contributed by atoms with Gasteiger partial charge in [0.05, 0.1) is 12.8 Å². The van der Waals surface area contributed by atoms with Gasteiger partial charge < -0.3 is 15.0 Å². The summed E-state index contributed by atoms with van der Waals surface area (Å²) in [5.41, 5.74) is 4.07. The molecule has 1 heterocycles. The smallest absolute Gasteiger partial charge is 0.227 e. The SMILES string of the molecule is COc1ccc(NC(=O)C2CCc3nc(C)[nH]c3C2)c(C)c1. The van der Waals surface area contributed by atoms with Gasteiger partial charge in [0, 0.05) is 23.7 Å². The summed E-state index contributed by atoms with van der Waals surface area (Å²) < 4.78 is 5.19. The number of H-pyrrole nitrogens is 1. The van der Waals surface area contributed by atoms with Crippen molar-refractivity contribution in [2.75, 3.05) is 12.4 Å². The first kappa shape index (κ1) is 14.6. The molecule has 2 aromatic rings. The summed E-state index contributed by atoms with van der Waals surface area (Å²) in [5.74, 6) is 1.79. The molecule has 1 aromatic heterocycles. The van der Waals surface area contributed by atoms with Crippen LogP contribution >= 0.6 is 0 Å². The van der Waals surface area contributed by atoms with Gasteiger partial charge in [0.2, 0.25) is 5.91 Å². The number of ether oxygens (including phenoxy) is 1. The molecule has 1 aromatic carbocycles. The molecule has 1 aliphatic rings. The van der Waals surface area contributed by atoms with Crippen molar-refractivity contribution in [3.63, 3.8) is 0 Å². The van der Waals surface area contributed by atoms with Crippen LogP contribution in [-0.2, 0) is 17.6 Å². The third-order valence-corrected chi connectivity index (χ3v) is 4.23. The Bertz CT molecular complexity index is 706. The summed E-state index contributed by atoms with van der Waals surface area (Å²) in [5, 5.41) is 3.04. The summed E-state index contributed by atoms with van der Waals surface area (Å²) in [6.07, 6.45) is 2.44. The van der Waals surface area contributed by atoms with Crippen molar-refractivity contribution in [3.05, 3.63) is 41.0 Å². The fourth-order valence-electron chi connectivity index (χ4n) is 2.99. The third kappa shape index (κ3) is 2.84. The molecule has 5 nitrogen and oxygen atoms in total. The molecule has 0 radical (unpaired) electrons. The molecule has 1 aliphatic carbocycles. The van der Waals surface area contributed by atoms with Gasteiger partial charge in [-0.2, -0.15) is 0 Å². The zero-order valence-corrected chi connectivity index (χ0v) is 13.2. The van der Waals surface area contributed by atoms with Crippen molar-refractivity contribution in [2.24, 2.45) is 5.92 Å². The Labute approximate surface area is 130 Å². The zero-order valence-electron chi connectivity index (χ0n) is 13.2. The number of aryl methyl sites for hydroxylation is 3. The van der Waals surface area contributed by atoms with E-state index in [0.717, 1.165) is 53.5 Å². The number of rotatable bonds is 3. The van der Waals surface area contributed by atoms with E-state index in [1.54, 1.807) is 7.11 Å². The van der Waals surface area contributed by atoms with Gasteiger partial charge in [0.15, 0.2) is 0 Å². The Morgan fingerprint density at radius 3 is 2.95 bits per heavy atom. The molecule has 1 unspecified atom stereocenters. The first-order valence-corrected chi connectivity index (χ1v) is 7.56. The molecule has 0 bridgehead atoms. The number of carbonyl (C=O) groups is 1. The molecule has 1 atom stereocenters. The number of aromatic amines is 1. The molecule has 0 saturated carbocycles. The highest BCUT2D eigenvalue weighted by Gasteiger charge is 2.27. The monoisotopic (exact) mass is 299 g/mol. The van der Waals surface area contributed by atoms with Crippen LogP contribution in [0.3, 0.4) is 0 Å². The highest BCUT2D eigenvalue weighted by molar-refractivity contribution is 5.93. The number of hydrogen-bond acceptors (Lipinski definition) is 3. The van der Waals surface area contributed by atoms with E-state index in [-0.39, 0.29) is 11.8 Å². The predicted molar refractivity (Wildman–Crippen MR) is 85.2 cm³/mol. The van der Waals surface area contributed by atoms with Gasteiger partial charge in [-0.3, -0.25) is 4.79 Å². The Hall–Kier alpha value is -2.30. The van der Waals surface area contributed by atoms with Crippen molar-refractivity contribution in [2.45, 2.75) is 33.1 Å². The van der Waals surface area contributed by atoms with Gasteiger partial charge in [-0.15, -0.1) is 0 Å². The van der Waals surface area contributed by atoms with Gasteiger partial charge >= 0.3 is 0 Å². The van der Waals surface area contributed by atoms with Gasteiger partial charge in [-0.1, -0.05) is 0 Å². The van der Waals surface area contributed by atoms with E-state index in [2.05, 4.69) is 15.3 Å². The predicted octanol–water partition coefficient (Wildman–Crippen LogP) is 2.78. The van der Waals surface area contributed by atoms with Crippen molar-refractivity contribution in [3.8, 4) is 5.75 Å². The second-order valence-corrected chi connectivity index (χ2v) is 5.86. The first-order chi connectivity index (χ1) is 10.6. The van der Waals surface area contributed by atoms with Crippen molar-refractivity contribution >= 4 is 11.6 Å². The lowest BCUT2D eigenvalue weighted by Gasteiger charge is -2.21. The molecule has 2 N–H and O–H groups in total. The maximum absolute atomic E-state index is 12.5. The average molecular weight is 299 g/mol. The van der Waals surface area contributed by atoms with E-state index in [1.165, 1.54) is 0 Å². The highest BCUT2D eigenvalue weighted by atomic mass is 16.5. The van der Waals surface area contributed by atoms with Gasteiger partial charge in [0.1, 0.15) is 11.6 Å². The molecule has 0 saturated heterocycles. The second-order valence-electron chi connectivity index (χ2n) is 5.86. The quantitative estimate of drug-likeness (QED) is 0.916. The molecule has 1 amide bonds. The number of benzene rings is 1. The lowest BCUT2D eigenvalue weighted by atomic mass is 9.89. The third-order valence-electron chi connectivity index (χ3n) is 4.23. The number of methoxy groups -OCH3 is 1. The Balaban J connectivity index is 1.70. The molecule has 3 rings (SSSR count). The maximum atomic E-state index is 12.5. The number of anilines is 1. The van der Waals surface area contributed by atoms with E-state index >= 15 is 0 Å². The maximum Gasteiger partial charge on any atom is 0.227 e. The van der Waals surface area contributed by atoms with Crippen LogP contribution in [0.25, 0.3) is 0 Å². The van der Waals surface area contributed by atoms with Crippen molar-refractivity contribution in [1.29, 1.82) is 0 Å².